The van der Waals surface area contributed by atoms with E-state index in [0.29, 0.717) is 13.2 Å². The molecular formula is C14H18N2O2S. The summed E-state index contributed by atoms with van der Waals surface area (Å²) in [5.74, 6) is 0. The van der Waals surface area contributed by atoms with Crippen LogP contribution >= 0.6 is 11.3 Å². The first-order valence-corrected chi connectivity index (χ1v) is 7.08. The van der Waals surface area contributed by atoms with Gasteiger partial charge in [-0.05, 0) is 24.4 Å². The van der Waals surface area contributed by atoms with Gasteiger partial charge in [-0.2, -0.15) is 0 Å². The molecule has 5 heteroatoms. The van der Waals surface area contributed by atoms with Crippen molar-refractivity contribution in [1.29, 1.82) is 0 Å². The fourth-order valence-electron chi connectivity index (χ4n) is 1.84. The van der Waals surface area contributed by atoms with Crippen LogP contribution in [0.5, 0.6) is 0 Å². The molecule has 0 aliphatic carbocycles. The van der Waals surface area contributed by atoms with Gasteiger partial charge in [0.25, 0.3) is 5.56 Å². The van der Waals surface area contributed by atoms with E-state index in [0.717, 1.165) is 5.69 Å². The summed E-state index contributed by atoms with van der Waals surface area (Å²) in [5, 5.41) is 5.46. The van der Waals surface area contributed by atoms with E-state index >= 15 is 0 Å². The van der Waals surface area contributed by atoms with Crippen LogP contribution in [0.1, 0.15) is 17.8 Å². The van der Waals surface area contributed by atoms with Gasteiger partial charge in [-0.3, -0.25) is 4.79 Å². The summed E-state index contributed by atoms with van der Waals surface area (Å²) in [6.07, 6.45) is 1.84. The van der Waals surface area contributed by atoms with Gasteiger partial charge in [-0.1, -0.05) is 6.07 Å². The molecule has 1 unspecified atom stereocenters. The van der Waals surface area contributed by atoms with Gasteiger partial charge in [0.2, 0.25) is 0 Å². The number of pyridine rings is 1. The summed E-state index contributed by atoms with van der Waals surface area (Å²) in [4.78, 5) is 12.9. The quantitative estimate of drug-likeness (QED) is 0.883. The van der Waals surface area contributed by atoms with Crippen molar-refractivity contribution in [2.75, 3.05) is 19.0 Å². The molecule has 0 fully saturated rings. The van der Waals surface area contributed by atoms with E-state index in [2.05, 4.69) is 23.7 Å². The molecule has 1 atom stereocenters. The fourth-order valence-corrected chi connectivity index (χ4v) is 2.57. The van der Waals surface area contributed by atoms with Crippen molar-refractivity contribution in [3.63, 3.8) is 0 Å². The minimum atomic E-state index is -0.00798. The summed E-state index contributed by atoms with van der Waals surface area (Å²) in [6, 6.07) is 7.77. The summed E-state index contributed by atoms with van der Waals surface area (Å²) < 4.78 is 6.66. The van der Waals surface area contributed by atoms with Crippen LogP contribution in [0.3, 0.4) is 0 Å². The van der Waals surface area contributed by atoms with Crippen molar-refractivity contribution in [2.45, 2.75) is 19.5 Å². The third-order valence-corrected chi connectivity index (χ3v) is 3.93. The Morgan fingerprint density at radius 3 is 2.95 bits per heavy atom. The van der Waals surface area contributed by atoms with Crippen LogP contribution in [0.2, 0.25) is 0 Å². The van der Waals surface area contributed by atoms with E-state index in [9.17, 15) is 4.79 Å². The Morgan fingerprint density at radius 2 is 2.26 bits per heavy atom. The number of aromatic nitrogens is 1. The van der Waals surface area contributed by atoms with Gasteiger partial charge < -0.3 is 14.6 Å². The van der Waals surface area contributed by atoms with Gasteiger partial charge in [-0.15, -0.1) is 11.3 Å². The van der Waals surface area contributed by atoms with Crippen molar-refractivity contribution in [1.82, 2.24) is 4.57 Å². The van der Waals surface area contributed by atoms with Crippen molar-refractivity contribution < 1.29 is 4.74 Å². The van der Waals surface area contributed by atoms with Crippen LogP contribution in [0.4, 0.5) is 5.69 Å². The van der Waals surface area contributed by atoms with Crippen molar-refractivity contribution in [3.05, 3.63) is 51.1 Å². The van der Waals surface area contributed by atoms with Gasteiger partial charge in [-0.25, -0.2) is 0 Å². The second-order valence-electron chi connectivity index (χ2n) is 4.32. The summed E-state index contributed by atoms with van der Waals surface area (Å²) in [6.45, 7) is 3.21. The molecule has 2 aromatic heterocycles. The number of nitrogens with one attached hydrogen (secondary N) is 1. The lowest BCUT2D eigenvalue weighted by atomic mass is 10.2. The number of rotatable bonds is 6. The van der Waals surface area contributed by atoms with Crippen LogP contribution in [-0.2, 0) is 11.3 Å². The number of thiophene rings is 1. The Kier molecular flexibility index (Phi) is 4.76. The van der Waals surface area contributed by atoms with Crippen LogP contribution < -0.4 is 10.9 Å². The highest BCUT2D eigenvalue weighted by Crippen LogP contribution is 2.22. The lowest BCUT2D eigenvalue weighted by Gasteiger charge is -2.15. The maximum atomic E-state index is 11.7. The SMILES string of the molecule is COCCn1cc(NC(C)c2cccs2)ccc1=O. The number of nitrogens with zero attached hydrogens (tertiary/aromatic N) is 1. The maximum absolute atomic E-state index is 11.7. The van der Waals surface area contributed by atoms with E-state index in [1.54, 1.807) is 29.1 Å². The van der Waals surface area contributed by atoms with Crippen molar-refractivity contribution in [2.24, 2.45) is 0 Å². The molecular weight excluding hydrogens is 260 g/mol. The maximum Gasteiger partial charge on any atom is 0.250 e. The largest absolute Gasteiger partial charge is 0.383 e. The summed E-state index contributed by atoms with van der Waals surface area (Å²) in [5.41, 5.74) is 0.933. The fraction of sp³-hybridized carbons (Fsp3) is 0.357. The average molecular weight is 278 g/mol. The number of hydrogen-bond donors (Lipinski definition) is 1. The standard InChI is InChI=1S/C14H18N2O2S/c1-11(13-4-3-9-19-13)15-12-5-6-14(17)16(10-12)7-8-18-2/h3-6,9-11,15H,7-8H2,1-2H3. The molecule has 0 aliphatic rings. The molecule has 2 aromatic rings. The van der Waals surface area contributed by atoms with Crippen LogP contribution in [0, 0.1) is 0 Å². The first kappa shape index (κ1) is 13.8. The normalized spacial score (nSPS) is 12.3. The average Bonchev–Trinajstić information content (AvgIpc) is 2.93. The highest BCUT2D eigenvalue weighted by atomic mass is 32.1. The molecule has 0 bridgehead atoms. The smallest absolute Gasteiger partial charge is 0.250 e. The second-order valence-corrected chi connectivity index (χ2v) is 5.30. The summed E-state index contributed by atoms with van der Waals surface area (Å²) in [7, 11) is 1.63. The van der Waals surface area contributed by atoms with Gasteiger partial charge in [0.05, 0.1) is 18.3 Å². The van der Waals surface area contributed by atoms with E-state index in [4.69, 9.17) is 4.74 Å². The molecule has 0 aliphatic heterocycles. The topological polar surface area (TPSA) is 43.3 Å². The molecule has 0 radical (unpaired) electrons. The minimum absolute atomic E-state index is 0.00798. The monoisotopic (exact) mass is 278 g/mol. The van der Waals surface area contributed by atoms with E-state index in [1.165, 1.54) is 4.88 Å². The molecule has 0 saturated carbocycles. The molecule has 102 valence electrons. The first-order valence-electron chi connectivity index (χ1n) is 6.20. The third kappa shape index (κ3) is 3.68. The second kappa shape index (κ2) is 6.54. The van der Waals surface area contributed by atoms with Crippen LogP contribution in [-0.4, -0.2) is 18.3 Å². The molecule has 1 N–H and O–H groups in total. The molecule has 4 nitrogen and oxygen atoms in total. The lowest BCUT2D eigenvalue weighted by Crippen LogP contribution is -2.21. The van der Waals surface area contributed by atoms with E-state index in [-0.39, 0.29) is 11.6 Å². The molecule has 2 heterocycles. The van der Waals surface area contributed by atoms with E-state index in [1.807, 2.05) is 18.3 Å². The predicted molar refractivity (Wildman–Crippen MR) is 78.9 cm³/mol. The van der Waals surface area contributed by atoms with Crippen LogP contribution in [0.15, 0.2) is 40.6 Å². The number of anilines is 1. The van der Waals surface area contributed by atoms with Gasteiger partial charge in [0.15, 0.2) is 0 Å². The highest BCUT2D eigenvalue weighted by molar-refractivity contribution is 7.10. The number of ether oxygens (including phenoxy) is 1. The number of hydrogen-bond acceptors (Lipinski definition) is 4. The van der Waals surface area contributed by atoms with E-state index < -0.39 is 0 Å². The lowest BCUT2D eigenvalue weighted by molar-refractivity contribution is 0.186. The Bertz CT molecular complexity index is 563. The predicted octanol–water partition coefficient (Wildman–Crippen LogP) is 2.73. The molecule has 0 aromatic carbocycles. The zero-order valence-corrected chi connectivity index (χ0v) is 11.9. The Morgan fingerprint density at radius 1 is 1.42 bits per heavy atom. The van der Waals surface area contributed by atoms with Gasteiger partial charge in [0, 0.05) is 30.8 Å². The van der Waals surface area contributed by atoms with Crippen molar-refractivity contribution in [3.8, 4) is 0 Å². The zero-order valence-electron chi connectivity index (χ0n) is 11.1. The Balaban J connectivity index is 2.10. The molecule has 2 rings (SSSR count). The highest BCUT2D eigenvalue weighted by Gasteiger charge is 2.07. The van der Waals surface area contributed by atoms with Gasteiger partial charge in [0.1, 0.15) is 0 Å². The molecule has 19 heavy (non-hydrogen) atoms. The Hall–Kier alpha value is -1.59. The minimum Gasteiger partial charge on any atom is -0.383 e. The van der Waals surface area contributed by atoms with Crippen LogP contribution in [0.25, 0.3) is 0 Å². The van der Waals surface area contributed by atoms with Crippen molar-refractivity contribution >= 4 is 17.0 Å². The molecule has 0 amide bonds. The molecule has 0 saturated heterocycles. The summed E-state index contributed by atoms with van der Waals surface area (Å²) >= 11 is 1.72. The molecule has 0 spiro atoms. The first-order chi connectivity index (χ1) is 9.20. The number of methoxy groups -OCH3 is 1. The Labute approximate surface area is 116 Å². The van der Waals surface area contributed by atoms with Gasteiger partial charge >= 0.3 is 0 Å². The third-order valence-electron chi connectivity index (χ3n) is 2.87. The zero-order chi connectivity index (χ0) is 13.7.